The highest BCUT2D eigenvalue weighted by Gasteiger charge is 2.20. The molecule has 0 fully saturated rings. The van der Waals surface area contributed by atoms with E-state index in [1.807, 2.05) is 0 Å². The number of ketones is 1. The molecule has 1 atom stereocenters. The van der Waals surface area contributed by atoms with Crippen molar-refractivity contribution in [3.8, 4) is 0 Å². The van der Waals surface area contributed by atoms with E-state index in [-0.39, 0.29) is 0 Å². The summed E-state index contributed by atoms with van der Waals surface area (Å²) in [6, 6.07) is 8.26. The van der Waals surface area contributed by atoms with Gasteiger partial charge in [-0.3, -0.25) is 4.79 Å². The fourth-order valence-corrected chi connectivity index (χ4v) is 1.57. The Morgan fingerprint density at radius 2 is 1.87 bits per heavy atom. The van der Waals surface area contributed by atoms with Gasteiger partial charge in [0.25, 0.3) is 0 Å². The van der Waals surface area contributed by atoms with E-state index in [2.05, 4.69) is 9.32 Å². The van der Waals surface area contributed by atoms with Crippen molar-refractivity contribution in [2.45, 2.75) is 13.0 Å². The van der Waals surface area contributed by atoms with Crippen LogP contribution in [0.25, 0.3) is 0 Å². The van der Waals surface area contributed by atoms with Crippen molar-refractivity contribution in [3.63, 3.8) is 0 Å². The van der Waals surface area contributed by atoms with E-state index >= 15 is 0 Å². The van der Waals surface area contributed by atoms with Crippen molar-refractivity contribution in [3.05, 3.63) is 35.9 Å². The third-order valence-corrected chi connectivity index (χ3v) is 2.26. The van der Waals surface area contributed by atoms with Crippen molar-refractivity contribution < 1.29 is 17.4 Å². The first kappa shape index (κ1) is 11.8. The lowest BCUT2D eigenvalue weighted by Gasteiger charge is -2.09. The Kier molecular flexibility index (Phi) is 3.57. The minimum atomic E-state index is -4.10. The first-order valence-electron chi connectivity index (χ1n) is 4.20. The van der Waals surface area contributed by atoms with Crippen LogP contribution in [0.3, 0.4) is 0 Å². The second-order valence-corrected chi connectivity index (χ2v) is 4.14. The zero-order chi connectivity index (χ0) is 11.5. The maximum atomic E-state index is 11.6. The van der Waals surface area contributed by atoms with Crippen LogP contribution in [0.15, 0.2) is 30.3 Å². The maximum Gasteiger partial charge on any atom is 0.333 e. The fraction of sp³-hybridized carbons (Fsp3) is 0.222. The molecule has 0 heterocycles. The van der Waals surface area contributed by atoms with E-state index in [9.17, 15) is 13.2 Å². The smallest absolute Gasteiger partial charge is 0.291 e. The molecular weight excluding hydrogens is 218 g/mol. The number of carbonyl (C=O) groups excluding carboxylic acids is 1. The normalized spacial score (nSPS) is 13.5. The van der Waals surface area contributed by atoms with Crippen molar-refractivity contribution in [1.82, 2.24) is 0 Å². The number of Topliss-reactive ketones (excluding diaryl/α,β-unsaturated/α-hetero) is 1. The van der Waals surface area contributed by atoms with E-state index < -0.39 is 22.2 Å². The summed E-state index contributed by atoms with van der Waals surface area (Å²) in [7, 11) is -4.10. The van der Waals surface area contributed by atoms with Crippen molar-refractivity contribution in [2.75, 3.05) is 0 Å². The van der Waals surface area contributed by atoms with Gasteiger partial charge in [0, 0.05) is 5.56 Å². The highest BCUT2D eigenvalue weighted by atomic mass is 32.2. The lowest BCUT2D eigenvalue weighted by molar-refractivity contribution is 0.0826. The molecule has 0 aliphatic heterocycles. The minimum Gasteiger partial charge on any atom is -0.291 e. The summed E-state index contributed by atoms with van der Waals surface area (Å²) in [6.45, 7) is 1.33. The summed E-state index contributed by atoms with van der Waals surface area (Å²) >= 11 is 0. The van der Waals surface area contributed by atoms with Crippen LogP contribution in [0.2, 0.25) is 0 Å². The van der Waals surface area contributed by atoms with Gasteiger partial charge in [-0.1, -0.05) is 30.3 Å². The Bertz CT molecular complexity index is 440. The SMILES string of the molecule is CC(OS(N)(=O)=O)C(=O)c1ccccc1. The van der Waals surface area contributed by atoms with Crippen molar-refractivity contribution in [2.24, 2.45) is 5.14 Å². The van der Waals surface area contributed by atoms with Gasteiger partial charge in [0.05, 0.1) is 0 Å². The maximum absolute atomic E-state index is 11.6. The first-order valence-corrected chi connectivity index (χ1v) is 5.67. The standard InChI is InChI=1S/C9H11NO4S/c1-7(14-15(10,12)13)9(11)8-5-3-2-4-6-8/h2-7H,1H3,(H2,10,12,13). The molecule has 6 heteroatoms. The predicted octanol–water partition coefficient (Wildman–Crippen LogP) is 0.478. The molecule has 0 amide bonds. The van der Waals surface area contributed by atoms with Crippen LogP contribution >= 0.6 is 0 Å². The van der Waals surface area contributed by atoms with E-state index in [1.165, 1.54) is 6.92 Å². The zero-order valence-electron chi connectivity index (χ0n) is 8.08. The second kappa shape index (κ2) is 4.52. The topological polar surface area (TPSA) is 86.5 Å². The minimum absolute atomic E-state index is 0.383. The van der Waals surface area contributed by atoms with Crippen LogP contribution in [0, 0.1) is 0 Å². The summed E-state index contributed by atoms with van der Waals surface area (Å²) in [4.78, 5) is 11.6. The zero-order valence-corrected chi connectivity index (χ0v) is 8.90. The lowest BCUT2D eigenvalue weighted by atomic mass is 10.1. The van der Waals surface area contributed by atoms with Gasteiger partial charge in [0.1, 0.15) is 6.10 Å². The number of hydrogen-bond acceptors (Lipinski definition) is 4. The summed E-state index contributed by atoms with van der Waals surface area (Å²) in [6.07, 6.45) is -1.11. The number of nitrogens with two attached hydrogens (primary N) is 1. The van der Waals surface area contributed by atoms with Gasteiger partial charge in [-0.2, -0.15) is 8.42 Å². The van der Waals surface area contributed by atoms with Crippen LogP contribution in [0.5, 0.6) is 0 Å². The third kappa shape index (κ3) is 3.78. The molecule has 0 aliphatic carbocycles. The molecular formula is C9H11NO4S. The number of carbonyl (C=O) groups is 1. The van der Waals surface area contributed by atoms with Crippen LogP contribution in [0.4, 0.5) is 0 Å². The Morgan fingerprint density at radius 1 is 1.33 bits per heavy atom. The van der Waals surface area contributed by atoms with Gasteiger partial charge >= 0.3 is 10.3 Å². The molecule has 15 heavy (non-hydrogen) atoms. The molecule has 0 aromatic heterocycles. The summed E-state index contributed by atoms with van der Waals surface area (Å²) in [5.41, 5.74) is 0.383. The van der Waals surface area contributed by atoms with Crippen molar-refractivity contribution in [1.29, 1.82) is 0 Å². The number of hydrogen-bond donors (Lipinski definition) is 1. The Labute approximate surface area is 88.1 Å². The van der Waals surface area contributed by atoms with Gasteiger partial charge in [-0.15, -0.1) is 0 Å². The summed E-state index contributed by atoms with van der Waals surface area (Å²) in [5, 5.41) is 4.65. The Morgan fingerprint density at radius 3 is 2.33 bits per heavy atom. The number of rotatable bonds is 4. The highest BCUT2D eigenvalue weighted by Crippen LogP contribution is 2.06. The molecule has 0 radical (unpaired) electrons. The molecule has 0 saturated carbocycles. The number of benzene rings is 1. The van der Waals surface area contributed by atoms with Crippen LogP contribution in [0.1, 0.15) is 17.3 Å². The highest BCUT2D eigenvalue weighted by molar-refractivity contribution is 7.84. The average Bonchev–Trinajstić information content (AvgIpc) is 2.15. The van der Waals surface area contributed by atoms with E-state index in [0.29, 0.717) is 5.56 Å². The summed E-state index contributed by atoms with van der Waals surface area (Å²) < 4.78 is 25.5. The molecule has 1 unspecified atom stereocenters. The Balaban J connectivity index is 2.79. The quantitative estimate of drug-likeness (QED) is 0.761. The third-order valence-electron chi connectivity index (χ3n) is 1.71. The largest absolute Gasteiger partial charge is 0.333 e. The van der Waals surface area contributed by atoms with Gasteiger partial charge in [-0.05, 0) is 6.92 Å². The van der Waals surface area contributed by atoms with Crippen LogP contribution in [-0.4, -0.2) is 20.3 Å². The molecule has 1 aromatic carbocycles. The second-order valence-electron chi connectivity index (χ2n) is 2.96. The molecule has 1 rings (SSSR count). The average molecular weight is 229 g/mol. The summed E-state index contributed by atoms with van der Waals surface area (Å²) in [5.74, 6) is -0.426. The van der Waals surface area contributed by atoms with Gasteiger partial charge in [0.15, 0.2) is 5.78 Å². The van der Waals surface area contributed by atoms with E-state index in [0.717, 1.165) is 0 Å². The van der Waals surface area contributed by atoms with Gasteiger partial charge in [0.2, 0.25) is 0 Å². The van der Waals surface area contributed by atoms with E-state index in [1.54, 1.807) is 30.3 Å². The van der Waals surface area contributed by atoms with Gasteiger partial charge < -0.3 is 0 Å². The fourth-order valence-electron chi connectivity index (χ4n) is 1.08. The molecule has 5 nitrogen and oxygen atoms in total. The molecule has 1 aromatic rings. The molecule has 0 bridgehead atoms. The molecule has 0 spiro atoms. The molecule has 0 aliphatic rings. The first-order chi connectivity index (χ1) is 6.90. The molecule has 2 N–H and O–H groups in total. The predicted molar refractivity (Wildman–Crippen MR) is 54.4 cm³/mol. The van der Waals surface area contributed by atoms with Crippen LogP contribution < -0.4 is 5.14 Å². The Hall–Kier alpha value is -1.24. The molecule has 0 saturated heterocycles. The monoisotopic (exact) mass is 229 g/mol. The van der Waals surface area contributed by atoms with E-state index in [4.69, 9.17) is 0 Å². The van der Waals surface area contributed by atoms with Crippen LogP contribution in [-0.2, 0) is 14.5 Å². The molecule has 82 valence electrons. The lowest BCUT2D eigenvalue weighted by Crippen LogP contribution is -2.28. The van der Waals surface area contributed by atoms with Crippen molar-refractivity contribution >= 4 is 16.1 Å². The van der Waals surface area contributed by atoms with Gasteiger partial charge in [-0.25, -0.2) is 9.32 Å².